The van der Waals surface area contributed by atoms with E-state index in [0.717, 1.165) is 5.56 Å². The molecule has 1 N–H and O–H groups in total. The lowest BCUT2D eigenvalue weighted by Gasteiger charge is -2.13. The van der Waals surface area contributed by atoms with Gasteiger partial charge >= 0.3 is 0 Å². The SMILES string of the molecule is CC(C)c1ccccc1S(=O)(=O)c1ccccc1O. The maximum atomic E-state index is 12.6. The van der Waals surface area contributed by atoms with Crippen molar-refractivity contribution in [3.8, 4) is 5.75 Å². The number of hydrogen-bond acceptors (Lipinski definition) is 3. The average molecular weight is 276 g/mol. The molecule has 0 saturated carbocycles. The minimum absolute atomic E-state index is 0.0527. The summed E-state index contributed by atoms with van der Waals surface area (Å²) in [6.07, 6.45) is 0. The van der Waals surface area contributed by atoms with Gasteiger partial charge in [0.15, 0.2) is 0 Å². The summed E-state index contributed by atoms with van der Waals surface area (Å²) in [7, 11) is -3.70. The lowest BCUT2D eigenvalue weighted by molar-refractivity contribution is 0.458. The molecule has 0 fully saturated rings. The van der Waals surface area contributed by atoms with Crippen LogP contribution in [0.5, 0.6) is 5.75 Å². The Morgan fingerprint density at radius 2 is 1.42 bits per heavy atom. The van der Waals surface area contributed by atoms with Crippen LogP contribution >= 0.6 is 0 Å². The summed E-state index contributed by atoms with van der Waals surface area (Å²) in [5.74, 6) is -0.127. The van der Waals surface area contributed by atoms with Crippen molar-refractivity contribution in [3.05, 3.63) is 54.1 Å². The van der Waals surface area contributed by atoms with E-state index in [-0.39, 0.29) is 21.5 Å². The Kier molecular flexibility index (Phi) is 3.62. The van der Waals surface area contributed by atoms with Gasteiger partial charge in [-0.2, -0.15) is 0 Å². The van der Waals surface area contributed by atoms with Crippen molar-refractivity contribution in [1.82, 2.24) is 0 Å². The van der Waals surface area contributed by atoms with E-state index in [1.165, 1.54) is 12.1 Å². The second kappa shape index (κ2) is 5.05. The van der Waals surface area contributed by atoms with Crippen LogP contribution in [0.2, 0.25) is 0 Å². The van der Waals surface area contributed by atoms with Gasteiger partial charge in [-0.3, -0.25) is 0 Å². The van der Waals surface area contributed by atoms with Gasteiger partial charge in [0.1, 0.15) is 10.6 Å². The van der Waals surface area contributed by atoms with Crippen LogP contribution in [0.4, 0.5) is 0 Å². The Morgan fingerprint density at radius 3 is 2.00 bits per heavy atom. The van der Waals surface area contributed by atoms with Crippen molar-refractivity contribution in [3.63, 3.8) is 0 Å². The summed E-state index contributed by atoms with van der Waals surface area (Å²) >= 11 is 0. The second-order valence-electron chi connectivity index (χ2n) is 4.66. The van der Waals surface area contributed by atoms with Crippen LogP contribution in [0, 0.1) is 0 Å². The first-order valence-electron chi connectivity index (χ1n) is 6.06. The zero-order chi connectivity index (χ0) is 14.0. The predicted molar refractivity (Wildman–Crippen MR) is 74.1 cm³/mol. The summed E-state index contributed by atoms with van der Waals surface area (Å²) < 4.78 is 25.2. The van der Waals surface area contributed by atoms with Crippen LogP contribution in [0.1, 0.15) is 25.3 Å². The third-order valence-corrected chi connectivity index (χ3v) is 4.86. The fraction of sp³-hybridized carbons (Fsp3) is 0.200. The van der Waals surface area contributed by atoms with Gasteiger partial charge in [-0.25, -0.2) is 8.42 Å². The molecule has 0 aromatic heterocycles. The van der Waals surface area contributed by atoms with Crippen LogP contribution in [-0.4, -0.2) is 13.5 Å². The third kappa shape index (κ3) is 2.49. The van der Waals surface area contributed by atoms with Crippen molar-refractivity contribution in [2.45, 2.75) is 29.6 Å². The molecule has 2 aromatic rings. The van der Waals surface area contributed by atoms with Crippen molar-refractivity contribution in [2.75, 3.05) is 0 Å². The van der Waals surface area contributed by atoms with E-state index in [9.17, 15) is 13.5 Å². The van der Waals surface area contributed by atoms with Gasteiger partial charge in [0.25, 0.3) is 0 Å². The number of aromatic hydroxyl groups is 1. The van der Waals surface area contributed by atoms with E-state index < -0.39 is 9.84 Å². The molecule has 0 aliphatic carbocycles. The van der Waals surface area contributed by atoms with Crippen LogP contribution in [0.15, 0.2) is 58.3 Å². The highest BCUT2D eigenvalue weighted by Gasteiger charge is 2.24. The number of rotatable bonds is 3. The molecular weight excluding hydrogens is 260 g/mol. The van der Waals surface area contributed by atoms with Crippen LogP contribution in [0.25, 0.3) is 0 Å². The first-order valence-corrected chi connectivity index (χ1v) is 7.55. The molecule has 100 valence electrons. The first-order chi connectivity index (χ1) is 8.94. The maximum absolute atomic E-state index is 12.6. The highest BCUT2D eigenvalue weighted by Crippen LogP contribution is 2.32. The van der Waals surface area contributed by atoms with Gasteiger partial charge in [-0.1, -0.05) is 44.2 Å². The fourth-order valence-corrected chi connectivity index (χ4v) is 3.71. The van der Waals surface area contributed by atoms with E-state index in [1.54, 1.807) is 30.3 Å². The minimum Gasteiger partial charge on any atom is -0.507 e. The summed E-state index contributed by atoms with van der Waals surface area (Å²) in [6.45, 7) is 3.89. The number of benzene rings is 2. The molecule has 19 heavy (non-hydrogen) atoms. The highest BCUT2D eigenvalue weighted by molar-refractivity contribution is 7.91. The van der Waals surface area contributed by atoms with Gasteiger partial charge in [0.2, 0.25) is 9.84 Å². The quantitative estimate of drug-likeness (QED) is 0.935. The average Bonchev–Trinajstić information content (AvgIpc) is 2.39. The van der Waals surface area contributed by atoms with Crippen LogP contribution in [-0.2, 0) is 9.84 Å². The largest absolute Gasteiger partial charge is 0.507 e. The third-order valence-electron chi connectivity index (χ3n) is 2.99. The number of para-hydroxylation sites is 1. The zero-order valence-electron chi connectivity index (χ0n) is 10.9. The molecule has 0 atom stereocenters. The standard InChI is InChI=1S/C15H16O3S/c1-11(2)12-7-3-5-9-14(12)19(17,18)15-10-6-4-8-13(15)16/h3-11,16H,1-2H3. The molecule has 4 heteroatoms. The first kappa shape index (κ1) is 13.6. The maximum Gasteiger partial charge on any atom is 0.210 e. The van der Waals surface area contributed by atoms with E-state index in [0.29, 0.717) is 0 Å². The van der Waals surface area contributed by atoms with Crippen LogP contribution in [0.3, 0.4) is 0 Å². The molecule has 0 aliphatic heterocycles. The fourth-order valence-electron chi connectivity index (χ4n) is 2.01. The number of phenolic OH excluding ortho intramolecular Hbond substituents is 1. The van der Waals surface area contributed by atoms with E-state index in [4.69, 9.17) is 0 Å². The van der Waals surface area contributed by atoms with E-state index in [1.807, 2.05) is 19.9 Å². The van der Waals surface area contributed by atoms with Gasteiger partial charge in [-0.15, -0.1) is 0 Å². The molecular formula is C15H16O3S. The monoisotopic (exact) mass is 276 g/mol. The van der Waals surface area contributed by atoms with Crippen LogP contribution < -0.4 is 0 Å². The molecule has 2 rings (SSSR count). The number of phenols is 1. The Hall–Kier alpha value is -1.81. The lowest BCUT2D eigenvalue weighted by atomic mass is 10.0. The van der Waals surface area contributed by atoms with Crippen molar-refractivity contribution in [2.24, 2.45) is 0 Å². The Bertz CT molecular complexity index is 688. The summed E-state index contributed by atoms with van der Waals surface area (Å²) in [6, 6.07) is 12.9. The zero-order valence-corrected chi connectivity index (χ0v) is 11.7. The van der Waals surface area contributed by atoms with E-state index in [2.05, 4.69) is 0 Å². The van der Waals surface area contributed by atoms with Gasteiger partial charge in [-0.05, 0) is 29.7 Å². The molecule has 0 bridgehead atoms. The molecule has 0 heterocycles. The Balaban J connectivity index is 2.68. The molecule has 0 saturated heterocycles. The predicted octanol–water partition coefficient (Wildman–Crippen LogP) is 3.35. The smallest absolute Gasteiger partial charge is 0.210 e. The Labute approximate surface area is 113 Å². The van der Waals surface area contributed by atoms with Gasteiger partial charge in [0, 0.05) is 0 Å². The summed E-state index contributed by atoms with van der Waals surface area (Å²) in [5.41, 5.74) is 0.755. The van der Waals surface area contributed by atoms with Gasteiger partial charge < -0.3 is 5.11 Å². The molecule has 3 nitrogen and oxygen atoms in total. The summed E-state index contributed by atoms with van der Waals surface area (Å²) in [4.78, 5) is 0.203. The number of hydrogen-bond donors (Lipinski definition) is 1. The highest BCUT2D eigenvalue weighted by atomic mass is 32.2. The second-order valence-corrected chi connectivity index (χ2v) is 6.55. The molecule has 0 unspecified atom stereocenters. The minimum atomic E-state index is -3.70. The topological polar surface area (TPSA) is 54.4 Å². The molecule has 0 amide bonds. The molecule has 0 aliphatic rings. The molecule has 2 aromatic carbocycles. The Morgan fingerprint density at radius 1 is 0.895 bits per heavy atom. The van der Waals surface area contributed by atoms with Crippen molar-refractivity contribution < 1.29 is 13.5 Å². The number of sulfone groups is 1. The summed E-state index contributed by atoms with van der Waals surface area (Å²) in [5, 5.41) is 9.76. The van der Waals surface area contributed by atoms with E-state index >= 15 is 0 Å². The van der Waals surface area contributed by atoms with Crippen molar-refractivity contribution in [1.29, 1.82) is 0 Å². The molecule has 0 radical (unpaired) electrons. The lowest BCUT2D eigenvalue weighted by Crippen LogP contribution is -2.06. The van der Waals surface area contributed by atoms with Crippen molar-refractivity contribution >= 4 is 9.84 Å². The molecule has 0 spiro atoms. The van der Waals surface area contributed by atoms with Gasteiger partial charge in [0.05, 0.1) is 4.90 Å². The normalized spacial score (nSPS) is 11.7.